The van der Waals surface area contributed by atoms with Crippen LogP contribution < -0.4 is 5.73 Å². The average molecular weight is 305 g/mol. The van der Waals surface area contributed by atoms with E-state index in [1.54, 1.807) is 0 Å². The Hall–Kier alpha value is -1.39. The average Bonchev–Trinajstić information content (AvgIpc) is 2.44. The first-order chi connectivity index (χ1) is 9.89. The quantitative estimate of drug-likeness (QED) is 0.890. The van der Waals surface area contributed by atoms with Crippen molar-refractivity contribution in [2.45, 2.75) is 26.3 Å². The topological polar surface area (TPSA) is 60.2 Å². The van der Waals surface area contributed by atoms with E-state index >= 15 is 0 Å². The van der Waals surface area contributed by atoms with E-state index in [9.17, 15) is 8.42 Å². The number of rotatable bonds is 6. The number of benzene rings is 2. The Labute approximate surface area is 127 Å². The zero-order valence-corrected chi connectivity index (χ0v) is 13.4. The van der Waals surface area contributed by atoms with Crippen LogP contribution in [0.3, 0.4) is 0 Å². The summed E-state index contributed by atoms with van der Waals surface area (Å²) in [4.78, 5) is 0. The van der Waals surface area contributed by atoms with Gasteiger partial charge in [0.2, 0.25) is 0 Å². The predicted molar refractivity (Wildman–Crippen MR) is 89.0 cm³/mol. The molecule has 3 nitrogen and oxygen atoms in total. The molecule has 0 radical (unpaired) electrons. The van der Waals surface area contributed by atoms with Crippen molar-refractivity contribution in [1.82, 2.24) is 0 Å². The lowest BCUT2D eigenvalue weighted by atomic mass is 10.0. The molecular weight excluding hydrogens is 282 g/mol. The van der Waals surface area contributed by atoms with Crippen LogP contribution in [0, 0.1) is 5.92 Å². The molecule has 2 aromatic carbocycles. The maximum Gasteiger partial charge on any atom is 0.152 e. The zero-order valence-electron chi connectivity index (χ0n) is 12.6. The fraction of sp³-hybridized carbons (Fsp3) is 0.412. The van der Waals surface area contributed by atoms with Crippen LogP contribution in [0.25, 0.3) is 10.8 Å². The van der Waals surface area contributed by atoms with Crippen molar-refractivity contribution in [1.29, 1.82) is 0 Å². The number of sulfone groups is 1. The Kier molecular flexibility index (Phi) is 5.01. The third kappa shape index (κ3) is 4.29. The molecule has 0 fully saturated rings. The van der Waals surface area contributed by atoms with Crippen molar-refractivity contribution >= 4 is 20.6 Å². The summed E-state index contributed by atoms with van der Waals surface area (Å²) in [6.45, 7) is 4.06. The molecular formula is C17H23NO2S. The first kappa shape index (κ1) is 16.0. The highest BCUT2D eigenvalue weighted by atomic mass is 32.2. The van der Waals surface area contributed by atoms with Crippen LogP contribution in [0.2, 0.25) is 0 Å². The summed E-state index contributed by atoms with van der Waals surface area (Å²) in [5.41, 5.74) is 7.08. The lowest BCUT2D eigenvalue weighted by Gasteiger charge is -2.15. The van der Waals surface area contributed by atoms with Crippen LogP contribution in [0.15, 0.2) is 42.5 Å². The van der Waals surface area contributed by atoms with Crippen LogP contribution in [0.5, 0.6) is 0 Å². The van der Waals surface area contributed by atoms with Crippen molar-refractivity contribution in [3.8, 4) is 0 Å². The monoisotopic (exact) mass is 305 g/mol. The molecule has 0 amide bonds. The minimum Gasteiger partial charge on any atom is -0.323 e. The van der Waals surface area contributed by atoms with Crippen molar-refractivity contribution in [3.05, 3.63) is 48.0 Å². The van der Waals surface area contributed by atoms with Gasteiger partial charge >= 0.3 is 0 Å². The predicted octanol–water partition coefficient (Wildman–Crippen LogP) is 3.30. The maximum atomic E-state index is 12.2. The molecule has 2 aromatic rings. The Morgan fingerprint density at radius 2 is 1.71 bits per heavy atom. The molecule has 0 aliphatic carbocycles. The number of hydrogen-bond acceptors (Lipinski definition) is 3. The van der Waals surface area contributed by atoms with Gasteiger partial charge in [-0.25, -0.2) is 8.42 Å². The van der Waals surface area contributed by atoms with Crippen LogP contribution in [-0.2, 0) is 9.84 Å². The maximum absolute atomic E-state index is 12.2. The summed E-state index contributed by atoms with van der Waals surface area (Å²) in [6.07, 6.45) is 0.685. The minimum absolute atomic E-state index is 0.00767. The summed E-state index contributed by atoms with van der Waals surface area (Å²) >= 11 is 0. The summed E-state index contributed by atoms with van der Waals surface area (Å²) in [5, 5.41) is 2.12. The van der Waals surface area contributed by atoms with Crippen molar-refractivity contribution in [3.63, 3.8) is 0 Å². The van der Waals surface area contributed by atoms with Gasteiger partial charge in [-0.15, -0.1) is 0 Å². The van der Waals surface area contributed by atoms with Gasteiger partial charge < -0.3 is 5.73 Å². The number of fused-ring (bicyclic) bond motifs is 1. The first-order valence-corrected chi connectivity index (χ1v) is 9.15. The summed E-state index contributed by atoms with van der Waals surface area (Å²) in [5.74, 6) is 0.602. The highest BCUT2D eigenvalue weighted by Crippen LogP contribution is 2.24. The smallest absolute Gasteiger partial charge is 0.152 e. The van der Waals surface area contributed by atoms with E-state index in [0.717, 1.165) is 16.3 Å². The van der Waals surface area contributed by atoms with E-state index < -0.39 is 15.9 Å². The van der Waals surface area contributed by atoms with Gasteiger partial charge in [0.15, 0.2) is 9.84 Å². The first-order valence-electron chi connectivity index (χ1n) is 7.33. The van der Waals surface area contributed by atoms with E-state index in [1.165, 1.54) is 0 Å². The molecule has 4 heteroatoms. The summed E-state index contributed by atoms with van der Waals surface area (Å²) < 4.78 is 24.3. The fourth-order valence-corrected chi connectivity index (χ4v) is 4.16. The van der Waals surface area contributed by atoms with Gasteiger partial charge in [0.25, 0.3) is 0 Å². The third-order valence-electron chi connectivity index (χ3n) is 3.66. The van der Waals surface area contributed by atoms with Crippen molar-refractivity contribution in [2.24, 2.45) is 11.7 Å². The molecule has 2 rings (SSSR count). The molecule has 21 heavy (non-hydrogen) atoms. The molecule has 114 valence electrons. The second kappa shape index (κ2) is 6.58. The molecule has 1 unspecified atom stereocenters. The van der Waals surface area contributed by atoms with E-state index in [-0.39, 0.29) is 11.5 Å². The lowest BCUT2D eigenvalue weighted by molar-refractivity contribution is 0.568. The van der Waals surface area contributed by atoms with Crippen LogP contribution >= 0.6 is 0 Å². The summed E-state index contributed by atoms with van der Waals surface area (Å²) in [6, 6.07) is 13.3. The molecule has 0 saturated carbocycles. The fourth-order valence-electron chi connectivity index (χ4n) is 2.44. The van der Waals surface area contributed by atoms with Gasteiger partial charge in [-0.2, -0.15) is 0 Å². The van der Waals surface area contributed by atoms with Crippen LogP contribution in [0.1, 0.15) is 31.9 Å². The van der Waals surface area contributed by atoms with E-state index in [4.69, 9.17) is 5.73 Å². The second-order valence-electron chi connectivity index (χ2n) is 5.97. The van der Waals surface area contributed by atoms with Crippen molar-refractivity contribution < 1.29 is 8.42 Å². The highest BCUT2D eigenvalue weighted by Gasteiger charge is 2.19. The molecule has 1 atom stereocenters. The van der Waals surface area contributed by atoms with Gasteiger partial charge in [-0.1, -0.05) is 56.3 Å². The van der Waals surface area contributed by atoms with Crippen LogP contribution in [-0.4, -0.2) is 19.9 Å². The normalized spacial score (nSPS) is 13.7. The standard InChI is InChI=1S/C17H23NO2S/c1-13(2)10-11-21(19,20)12-17(18)16-9-5-7-14-6-3-4-8-15(14)16/h3-9,13,17H,10-12,18H2,1-2H3. The van der Waals surface area contributed by atoms with E-state index in [2.05, 4.69) is 0 Å². The number of nitrogens with two attached hydrogens (primary N) is 1. The molecule has 0 heterocycles. The van der Waals surface area contributed by atoms with Gasteiger partial charge in [0.05, 0.1) is 11.5 Å². The van der Waals surface area contributed by atoms with Gasteiger partial charge in [-0.05, 0) is 28.7 Å². The van der Waals surface area contributed by atoms with Gasteiger partial charge in [0, 0.05) is 6.04 Å². The molecule has 0 spiro atoms. The molecule has 0 bridgehead atoms. The van der Waals surface area contributed by atoms with E-state index in [0.29, 0.717) is 12.3 Å². The third-order valence-corrected chi connectivity index (χ3v) is 5.39. The molecule has 0 saturated heterocycles. The van der Waals surface area contributed by atoms with Crippen LogP contribution in [0.4, 0.5) is 0 Å². The SMILES string of the molecule is CC(C)CCS(=O)(=O)CC(N)c1cccc2ccccc12. The molecule has 2 N–H and O–H groups in total. The van der Waals surface area contributed by atoms with E-state index in [1.807, 2.05) is 56.3 Å². The second-order valence-corrected chi connectivity index (χ2v) is 8.20. The summed E-state index contributed by atoms with van der Waals surface area (Å²) in [7, 11) is -3.12. The van der Waals surface area contributed by atoms with Crippen molar-refractivity contribution in [2.75, 3.05) is 11.5 Å². The Morgan fingerprint density at radius 1 is 1.05 bits per heavy atom. The zero-order chi connectivity index (χ0) is 15.5. The molecule has 0 aliphatic heterocycles. The lowest BCUT2D eigenvalue weighted by Crippen LogP contribution is -2.24. The largest absolute Gasteiger partial charge is 0.323 e. The molecule has 0 aromatic heterocycles. The minimum atomic E-state index is -3.12. The highest BCUT2D eigenvalue weighted by molar-refractivity contribution is 7.91. The van der Waals surface area contributed by atoms with Gasteiger partial charge in [-0.3, -0.25) is 0 Å². The molecule has 0 aliphatic rings. The Balaban J connectivity index is 2.21. The Morgan fingerprint density at radius 3 is 2.43 bits per heavy atom. The van der Waals surface area contributed by atoms with Gasteiger partial charge in [0.1, 0.15) is 0 Å². The Bertz CT molecular complexity index is 702. The number of hydrogen-bond donors (Lipinski definition) is 1.